The van der Waals surface area contributed by atoms with Crippen molar-refractivity contribution in [2.24, 2.45) is 5.92 Å². The molecule has 0 unspecified atom stereocenters. The van der Waals surface area contributed by atoms with Gasteiger partial charge in [0, 0.05) is 43.4 Å². The number of para-hydroxylation sites is 1. The zero-order chi connectivity index (χ0) is 17.0. The van der Waals surface area contributed by atoms with Gasteiger partial charge in [0.25, 0.3) is 0 Å². The average Bonchev–Trinajstić information content (AvgIpc) is 2.93. The van der Waals surface area contributed by atoms with Gasteiger partial charge in [-0.2, -0.15) is 0 Å². The van der Waals surface area contributed by atoms with Gasteiger partial charge in [-0.1, -0.05) is 36.4 Å². The summed E-state index contributed by atoms with van der Waals surface area (Å²) < 4.78 is 0. The monoisotopic (exact) mass is 332 g/mol. The maximum absolute atomic E-state index is 11.5. The Morgan fingerprint density at radius 2 is 2.12 bits per heavy atom. The molecule has 2 aliphatic heterocycles. The number of benzene rings is 1. The van der Waals surface area contributed by atoms with Gasteiger partial charge in [0.05, 0.1) is 6.04 Å². The van der Waals surface area contributed by atoms with Gasteiger partial charge >= 0.3 is 0 Å². The van der Waals surface area contributed by atoms with Crippen LogP contribution in [0.3, 0.4) is 0 Å². The van der Waals surface area contributed by atoms with E-state index in [0.717, 1.165) is 32.5 Å². The summed E-state index contributed by atoms with van der Waals surface area (Å²) in [5.41, 5.74) is 7.40. The third kappa shape index (κ3) is 2.33. The van der Waals surface area contributed by atoms with Crippen LogP contribution in [0.5, 0.6) is 0 Å². The largest absolute Gasteiger partial charge is 0.342 e. The Balaban J connectivity index is 1.61. The van der Waals surface area contributed by atoms with Gasteiger partial charge in [-0.25, -0.2) is 0 Å². The number of allylic oxidation sites excluding steroid dienone is 5. The first-order valence-electron chi connectivity index (χ1n) is 9.43. The van der Waals surface area contributed by atoms with Crippen molar-refractivity contribution in [1.29, 1.82) is 0 Å². The molecule has 2 aliphatic carbocycles. The minimum Gasteiger partial charge on any atom is -0.342 e. The maximum Gasteiger partial charge on any atom is 0.131 e. The topological polar surface area (TPSA) is 23.6 Å². The van der Waals surface area contributed by atoms with E-state index in [1.54, 1.807) is 12.5 Å². The molecular weight excluding hydrogens is 308 g/mol. The second-order valence-corrected chi connectivity index (χ2v) is 7.68. The number of anilines is 1. The van der Waals surface area contributed by atoms with E-state index in [2.05, 4.69) is 52.3 Å². The number of carbonyl (C=O) groups excluding carboxylic acids is 1. The molecule has 0 spiro atoms. The first kappa shape index (κ1) is 15.2. The van der Waals surface area contributed by atoms with Crippen molar-refractivity contribution in [3.63, 3.8) is 0 Å². The predicted octanol–water partition coefficient (Wildman–Crippen LogP) is 3.48. The summed E-state index contributed by atoms with van der Waals surface area (Å²) >= 11 is 0. The lowest BCUT2D eigenvalue weighted by atomic mass is 9.87. The number of fused-ring (bicyclic) bond motifs is 2. The van der Waals surface area contributed by atoms with Gasteiger partial charge in [-0.05, 0) is 42.5 Å². The van der Waals surface area contributed by atoms with Crippen LogP contribution in [0.25, 0.3) is 0 Å². The highest BCUT2D eigenvalue weighted by Crippen LogP contribution is 2.49. The van der Waals surface area contributed by atoms with E-state index in [0.29, 0.717) is 24.2 Å². The number of ketones is 1. The molecule has 0 N–H and O–H groups in total. The van der Waals surface area contributed by atoms with Gasteiger partial charge in [-0.15, -0.1) is 0 Å². The third-order valence-corrected chi connectivity index (χ3v) is 6.18. The van der Waals surface area contributed by atoms with Crippen LogP contribution in [-0.2, 0) is 11.2 Å². The highest BCUT2D eigenvalue weighted by Gasteiger charge is 2.44. The van der Waals surface area contributed by atoms with E-state index in [4.69, 9.17) is 0 Å². The summed E-state index contributed by atoms with van der Waals surface area (Å²) in [6, 6.07) is 9.33. The lowest BCUT2D eigenvalue weighted by Crippen LogP contribution is -2.51. The second-order valence-electron chi connectivity index (χ2n) is 7.68. The Morgan fingerprint density at radius 3 is 3.00 bits per heavy atom. The molecule has 0 radical (unpaired) electrons. The van der Waals surface area contributed by atoms with Crippen LogP contribution >= 0.6 is 0 Å². The summed E-state index contributed by atoms with van der Waals surface area (Å²) in [6.07, 6.45) is 9.80. The molecule has 1 aromatic rings. The molecule has 0 saturated carbocycles. The number of hydrogen-bond acceptors (Lipinski definition) is 3. The molecule has 1 fully saturated rings. The summed E-state index contributed by atoms with van der Waals surface area (Å²) in [5, 5.41) is 0. The van der Waals surface area contributed by atoms with Gasteiger partial charge < -0.3 is 4.90 Å². The van der Waals surface area contributed by atoms with Crippen molar-refractivity contribution in [3.8, 4) is 0 Å². The molecule has 2 atom stereocenters. The quantitative estimate of drug-likeness (QED) is 0.847. The molecule has 0 aromatic heterocycles. The fourth-order valence-corrected chi connectivity index (χ4v) is 5.07. The van der Waals surface area contributed by atoms with Crippen molar-refractivity contribution >= 4 is 11.5 Å². The van der Waals surface area contributed by atoms with Crippen molar-refractivity contribution < 1.29 is 4.79 Å². The minimum absolute atomic E-state index is 0.294. The molecular formula is C22H24N2O. The first-order chi connectivity index (χ1) is 12.2. The first-order valence-corrected chi connectivity index (χ1v) is 9.43. The van der Waals surface area contributed by atoms with E-state index in [1.807, 2.05) is 0 Å². The number of Topliss-reactive ketones (excluding diaryl/α,β-unsaturated/α-hetero) is 1. The highest BCUT2D eigenvalue weighted by atomic mass is 16.1. The SMILES string of the molecule is CC(=O)CCN1CCN2C3=C4C(=CC=C[C@@H]4C[C@H]31)Cc1ccccc12. The highest BCUT2D eigenvalue weighted by molar-refractivity contribution is 5.75. The molecule has 3 heteroatoms. The number of carbonyl (C=O) groups is 1. The zero-order valence-electron chi connectivity index (χ0n) is 14.7. The lowest BCUT2D eigenvalue weighted by Gasteiger charge is -2.43. The van der Waals surface area contributed by atoms with Gasteiger partial charge in [0.1, 0.15) is 5.78 Å². The average molecular weight is 332 g/mol. The molecule has 1 aromatic carbocycles. The van der Waals surface area contributed by atoms with Crippen LogP contribution in [0.4, 0.5) is 5.69 Å². The van der Waals surface area contributed by atoms with E-state index >= 15 is 0 Å². The summed E-state index contributed by atoms with van der Waals surface area (Å²) in [7, 11) is 0. The van der Waals surface area contributed by atoms with E-state index in [1.165, 1.54) is 22.5 Å². The summed E-state index contributed by atoms with van der Waals surface area (Å²) in [5.74, 6) is 0.830. The van der Waals surface area contributed by atoms with Crippen LogP contribution in [0, 0.1) is 5.92 Å². The fraction of sp³-hybridized carbons (Fsp3) is 0.409. The van der Waals surface area contributed by atoms with E-state index in [-0.39, 0.29) is 0 Å². The van der Waals surface area contributed by atoms with Gasteiger partial charge in [-0.3, -0.25) is 9.69 Å². The lowest BCUT2D eigenvalue weighted by molar-refractivity contribution is -0.117. The number of nitrogens with zero attached hydrogens (tertiary/aromatic N) is 2. The standard InChI is InChI=1S/C22H24N2O/c1-15(25)9-10-23-11-12-24-19-8-3-2-5-16(19)13-17-6-4-7-18-14-20(23)22(24)21(17)18/h2-8,18,20H,9-14H2,1H3/t18-,20-/m1/s1. The van der Waals surface area contributed by atoms with Gasteiger partial charge in [0.15, 0.2) is 0 Å². The molecule has 0 amide bonds. The van der Waals surface area contributed by atoms with E-state index in [9.17, 15) is 4.79 Å². The van der Waals surface area contributed by atoms with Crippen molar-refractivity contribution in [2.45, 2.75) is 32.2 Å². The third-order valence-electron chi connectivity index (χ3n) is 6.18. The molecule has 0 bridgehead atoms. The molecule has 5 rings (SSSR count). The minimum atomic E-state index is 0.294. The van der Waals surface area contributed by atoms with Crippen LogP contribution in [0.1, 0.15) is 25.3 Å². The molecule has 3 nitrogen and oxygen atoms in total. The molecule has 4 aliphatic rings. The Morgan fingerprint density at radius 1 is 1.24 bits per heavy atom. The fourth-order valence-electron chi connectivity index (χ4n) is 5.07. The predicted molar refractivity (Wildman–Crippen MR) is 101 cm³/mol. The number of rotatable bonds is 3. The molecule has 1 saturated heterocycles. The van der Waals surface area contributed by atoms with Crippen molar-refractivity contribution in [2.75, 3.05) is 24.5 Å². The maximum atomic E-state index is 11.5. The van der Waals surface area contributed by atoms with Crippen LogP contribution in [0.15, 0.2) is 59.3 Å². The van der Waals surface area contributed by atoms with Crippen molar-refractivity contribution in [1.82, 2.24) is 4.90 Å². The Labute approximate surface area is 149 Å². The number of hydrogen-bond donors (Lipinski definition) is 0. The second kappa shape index (κ2) is 5.70. The summed E-state index contributed by atoms with van der Waals surface area (Å²) in [6.45, 7) is 4.66. The molecule has 128 valence electrons. The molecule has 2 heterocycles. The Hall–Kier alpha value is -2.13. The van der Waals surface area contributed by atoms with Crippen molar-refractivity contribution in [3.05, 3.63) is 64.9 Å². The van der Waals surface area contributed by atoms with Crippen LogP contribution in [-0.4, -0.2) is 36.4 Å². The zero-order valence-corrected chi connectivity index (χ0v) is 14.7. The summed E-state index contributed by atoms with van der Waals surface area (Å²) in [4.78, 5) is 16.6. The Bertz CT molecular complexity index is 832. The van der Waals surface area contributed by atoms with Crippen LogP contribution in [0.2, 0.25) is 0 Å². The Kier molecular flexibility index (Phi) is 3.46. The van der Waals surface area contributed by atoms with Crippen LogP contribution < -0.4 is 4.90 Å². The molecule has 25 heavy (non-hydrogen) atoms. The smallest absolute Gasteiger partial charge is 0.131 e. The number of piperazine rings is 1. The van der Waals surface area contributed by atoms with Gasteiger partial charge in [0.2, 0.25) is 0 Å². The van der Waals surface area contributed by atoms with E-state index < -0.39 is 0 Å². The normalized spacial score (nSPS) is 26.9.